The number of hydrogen-bond donors (Lipinski definition) is 2. The van der Waals surface area contributed by atoms with Gasteiger partial charge < -0.3 is 15.2 Å². The molecule has 2 aromatic rings. The Bertz CT molecular complexity index is 742. The third-order valence-corrected chi connectivity index (χ3v) is 4.52. The summed E-state index contributed by atoms with van der Waals surface area (Å²) in [6.07, 6.45) is 3.43. The van der Waals surface area contributed by atoms with Gasteiger partial charge in [0.25, 0.3) is 0 Å². The van der Waals surface area contributed by atoms with Gasteiger partial charge in [-0.05, 0) is 38.7 Å². The topological polar surface area (TPSA) is 58.6 Å². The van der Waals surface area contributed by atoms with E-state index in [1.807, 2.05) is 26.0 Å². The molecule has 0 amide bonds. The molecule has 2 aromatic carbocycles. The maximum atomic E-state index is 12.1. The van der Waals surface area contributed by atoms with Crippen LogP contribution in [0.1, 0.15) is 49.0 Å². The minimum atomic E-state index is -0.0267. The summed E-state index contributed by atoms with van der Waals surface area (Å²) in [5.41, 5.74) is 2.37. The fourth-order valence-corrected chi connectivity index (χ4v) is 3.30. The number of Topliss-reactive ketones (excluding diaryl/α,β-unsaturated/α-hetero) is 1. The van der Waals surface area contributed by atoms with Gasteiger partial charge in [-0.3, -0.25) is 4.79 Å². The molecule has 0 bridgehead atoms. The number of ether oxygens (including phenoxy) is 1. The summed E-state index contributed by atoms with van der Waals surface area (Å²) in [4.78, 5) is 12.1. The van der Waals surface area contributed by atoms with E-state index in [1.54, 1.807) is 6.07 Å². The van der Waals surface area contributed by atoms with Gasteiger partial charge in [0.2, 0.25) is 0 Å². The molecule has 1 heterocycles. The van der Waals surface area contributed by atoms with Crippen molar-refractivity contribution in [3.63, 3.8) is 0 Å². The van der Waals surface area contributed by atoms with Crippen LogP contribution in [-0.2, 0) is 6.42 Å². The molecule has 3 rings (SSSR count). The average Bonchev–Trinajstić information content (AvgIpc) is 2.54. The Balaban J connectivity index is 1.60. The molecule has 0 saturated heterocycles. The molecule has 0 spiro atoms. The van der Waals surface area contributed by atoms with Gasteiger partial charge in [-0.2, -0.15) is 0 Å². The second-order valence-corrected chi connectivity index (χ2v) is 6.84. The van der Waals surface area contributed by atoms with Crippen LogP contribution in [-0.4, -0.2) is 23.0 Å². The maximum Gasteiger partial charge on any atom is 0.170 e. The number of ketones is 1. The van der Waals surface area contributed by atoms with Crippen LogP contribution in [0.15, 0.2) is 42.5 Å². The van der Waals surface area contributed by atoms with Crippen LogP contribution in [0.5, 0.6) is 11.5 Å². The summed E-state index contributed by atoms with van der Waals surface area (Å²) in [5, 5.41) is 13.4. The zero-order valence-electron chi connectivity index (χ0n) is 14.8. The number of aryl methyl sites for hydroxylation is 1. The molecule has 25 heavy (non-hydrogen) atoms. The van der Waals surface area contributed by atoms with Crippen molar-refractivity contribution in [3.05, 3.63) is 53.6 Å². The molecule has 4 heteroatoms. The van der Waals surface area contributed by atoms with E-state index in [2.05, 4.69) is 29.6 Å². The minimum absolute atomic E-state index is 0.00612. The van der Waals surface area contributed by atoms with E-state index in [4.69, 9.17) is 4.74 Å². The Morgan fingerprint density at radius 3 is 2.80 bits per heavy atom. The number of carbonyl (C=O) groups excluding carboxylic acids is 1. The monoisotopic (exact) mass is 339 g/mol. The highest BCUT2D eigenvalue weighted by molar-refractivity contribution is 6.06. The van der Waals surface area contributed by atoms with Crippen molar-refractivity contribution in [1.29, 1.82) is 0 Å². The zero-order valence-corrected chi connectivity index (χ0v) is 14.8. The first-order valence-electron chi connectivity index (χ1n) is 8.90. The van der Waals surface area contributed by atoms with Crippen molar-refractivity contribution in [2.45, 2.75) is 51.7 Å². The Morgan fingerprint density at radius 2 is 2.04 bits per heavy atom. The summed E-state index contributed by atoms with van der Waals surface area (Å²) in [6.45, 7) is 3.99. The van der Waals surface area contributed by atoms with Crippen LogP contribution in [0.3, 0.4) is 0 Å². The predicted octanol–water partition coefficient (Wildman–Crippen LogP) is 4.57. The van der Waals surface area contributed by atoms with Gasteiger partial charge in [0, 0.05) is 24.6 Å². The average molecular weight is 339 g/mol. The highest BCUT2D eigenvalue weighted by atomic mass is 16.5. The number of carbonyl (C=O) groups is 1. The first-order chi connectivity index (χ1) is 12.0. The number of hydrogen-bond acceptors (Lipinski definition) is 4. The summed E-state index contributed by atoms with van der Waals surface area (Å²) < 4.78 is 5.96. The van der Waals surface area contributed by atoms with Gasteiger partial charge in [-0.15, -0.1) is 0 Å². The van der Waals surface area contributed by atoms with Crippen molar-refractivity contribution < 1.29 is 14.6 Å². The lowest BCUT2D eigenvalue weighted by Crippen LogP contribution is -2.26. The van der Waals surface area contributed by atoms with E-state index in [9.17, 15) is 9.90 Å². The molecule has 0 aromatic heterocycles. The second kappa shape index (κ2) is 7.60. The summed E-state index contributed by atoms with van der Waals surface area (Å²) in [6, 6.07) is 13.8. The van der Waals surface area contributed by atoms with Gasteiger partial charge in [0.1, 0.15) is 11.5 Å². The van der Waals surface area contributed by atoms with E-state index in [0.29, 0.717) is 23.4 Å². The molecule has 0 saturated carbocycles. The largest absolute Gasteiger partial charge is 0.507 e. The van der Waals surface area contributed by atoms with Gasteiger partial charge >= 0.3 is 0 Å². The Labute approximate surface area is 148 Å². The first kappa shape index (κ1) is 17.3. The molecule has 1 aliphatic rings. The lowest BCUT2D eigenvalue weighted by Gasteiger charge is -2.25. The number of nitrogens with one attached hydrogen (secondary N) is 1. The number of anilines is 1. The second-order valence-electron chi connectivity index (χ2n) is 6.84. The predicted molar refractivity (Wildman–Crippen MR) is 99.6 cm³/mol. The Kier molecular flexibility index (Phi) is 5.27. The van der Waals surface area contributed by atoms with Crippen molar-refractivity contribution in [1.82, 2.24) is 0 Å². The van der Waals surface area contributed by atoms with E-state index >= 15 is 0 Å². The minimum Gasteiger partial charge on any atom is -0.507 e. The summed E-state index contributed by atoms with van der Waals surface area (Å²) in [7, 11) is 0. The van der Waals surface area contributed by atoms with Crippen LogP contribution in [0, 0.1) is 0 Å². The number of rotatable bonds is 6. The Hall–Kier alpha value is -2.49. The quantitative estimate of drug-likeness (QED) is 0.809. The van der Waals surface area contributed by atoms with E-state index in [-0.39, 0.29) is 23.7 Å². The van der Waals surface area contributed by atoms with Gasteiger partial charge in [-0.1, -0.05) is 30.3 Å². The van der Waals surface area contributed by atoms with Crippen molar-refractivity contribution >= 4 is 11.5 Å². The van der Waals surface area contributed by atoms with Crippen molar-refractivity contribution in [3.8, 4) is 11.5 Å². The molecule has 2 N–H and O–H groups in total. The lowest BCUT2D eigenvalue weighted by atomic mass is 9.96. The molecule has 0 radical (unpaired) electrons. The fraction of sp³-hybridized carbons (Fsp3) is 0.381. The molecular formula is C21H25NO3. The maximum absolute atomic E-state index is 12.1. The smallest absolute Gasteiger partial charge is 0.170 e. The molecule has 132 valence electrons. The summed E-state index contributed by atoms with van der Waals surface area (Å²) >= 11 is 0. The van der Waals surface area contributed by atoms with Crippen LogP contribution in [0.4, 0.5) is 5.69 Å². The molecule has 4 nitrogen and oxygen atoms in total. The molecule has 1 aliphatic heterocycles. The number of fused-ring (bicyclic) bond motifs is 1. The zero-order chi connectivity index (χ0) is 17.8. The third-order valence-electron chi connectivity index (χ3n) is 4.52. The van der Waals surface area contributed by atoms with E-state index < -0.39 is 0 Å². The highest BCUT2D eigenvalue weighted by Gasteiger charge is 2.26. The Morgan fingerprint density at radius 1 is 1.28 bits per heavy atom. The highest BCUT2D eigenvalue weighted by Crippen LogP contribution is 2.36. The van der Waals surface area contributed by atoms with E-state index in [1.165, 1.54) is 5.56 Å². The van der Waals surface area contributed by atoms with Crippen molar-refractivity contribution in [2.24, 2.45) is 0 Å². The normalized spacial score (nSPS) is 17.5. The standard InChI is InChI=1S/C21H25NO3/c1-14-11-19(23)21-18(22-14)12-17(13-20(21)24)25-15(2)7-6-10-16-8-4-3-5-9-16/h3-5,8-9,12-15,22,24H,6-7,10-11H2,1-2H3/t14-,15+/m0/s1. The molecule has 0 unspecified atom stereocenters. The fourth-order valence-electron chi connectivity index (χ4n) is 3.30. The van der Waals surface area contributed by atoms with Gasteiger partial charge in [0.05, 0.1) is 17.4 Å². The molecule has 2 atom stereocenters. The SMILES string of the molecule is C[C@H](CCCc1ccccc1)Oc1cc(O)c2c(c1)N[C@@H](C)CC2=O. The van der Waals surface area contributed by atoms with Crippen LogP contribution < -0.4 is 10.1 Å². The van der Waals surface area contributed by atoms with Crippen LogP contribution >= 0.6 is 0 Å². The van der Waals surface area contributed by atoms with E-state index in [0.717, 1.165) is 19.3 Å². The number of phenolic OH excluding ortho intramolecular Hbond substituents is 1. The first-order valence-corrected chi connectivity index (χ1v) is 8.90. The molecule has 0 aliphatic carbocycles. The van der Waals surface area contributed by atoms with Gasteiger partial charge in [-0.25, -0.2) is 0 Å². The van der Waals surface area contributed by atoms with Crippen LogP contribution in [0.2, 0.25) is 0 Å². The van der Waals surface area contributed by atoms with Crippen LogP contribution in [0.25, 0.3) is 0 Å². The number of benzene rings is 2. The van der Waals surface area contributed by atoms with Crippen molar-refractivity contribution in [2.75, 3.05) is 5.32 Å². The number of aromatic hydroxyl groups is 1. The molecule has 0 fully saturated rings. The lowest BCUT2D eigenvalue weighted by molar-refractivity contribution is 0.0972. The third kappa shape index (κ3) is 4.32. The molecular weight excluding hydrogens is 314 g/mol. The number of phenols is 1. The van der Waals surface area contributed by atoms with Gasteiger partial charge in [0.15, 0.2) is 5.78 Å². The summed E-state index contributed by atoms with van der Waals surface area (Å²) in [5.74, 6) is 0.562.